The quantitative estimate of drug-likeness (QED) is 0.307. The maximum absolute atomic E-state index is 13.1. The highest BCUT2D eigenvalue weighted by Crippen LogP contribution is 2.30. The van der Waals surface area contributed by atoms with Crippen LogP contribution < -0.4 is 20.5 Å². The number of carbonyl (C=O) groups excluding carboxylic acids is 1. The SMILES string of the molecule is CCOc1ccc(/C=N\NC(=O)Cn2cnc3scc(-c4ccc(C)cc4)c3c2=O)cc1OC. The Morgan fingerprint density at radius 1 is 1.21 bits per heavy atom. The summed E-state index contributed by atoms with van der Waals surface area (Å²) in [7, 11) is 1.56. The predicted octanol–water partition coefficient (Wildman–Crippen LogP) is 3.99. The van der Waals surface area contributed by atoms with Gasteiger partial charge >= 0.3 is 0 Å². The zero-order valence-electron chi connectivity index (χ0n) is 19.1. The maximum atomic E-state index is 13.1. The van der Waals surface area contributed by atoms with E-state index in [0.717, 1.165) is 22.3 Å². The molecule has 0 aliphatic rings. The smallest absolute Gasteiger partial charge is 0.263 e. The van der Waals surface area contributed by atoms with E-state index in [1.807, 2.05) is 43.5 Å². The molecule has 0 saturated heterocycles. The Morgan fingerprint density at radius 3 is 2.74 bits per heavy atom. The molecule has 0 bridgehead atoms. The number of ether oxygens (including phenoxy) is 2. The summed E-state index contributed by atoms with van der Waals surface area (Å²) in [5, 5.41) is 6.42. The number of methoxy groups -OCH3 is 1. The molecule has 0 aliphatic heterocycles. The molecule has 8 nitrogen and oxygen atoms in total. The van der Waals surface area contributed by atoms with Crippen molar-refractivity contribution >= 4 is 33.7 Å². The minimum absolute atomic E-state index is 0.200. The monoisotopic (exact) mass is 476 g/mol. The first-order valence-corrected chi connectivity index (χ1v) is 11.5. The highest BCUT2D eigenvalue weighted by Gasteiger charge is 2.14. The van der Waals surface area contributed by atoms with Gasteiger partial charge in [-0.25, -0.2) is 10.4 Å². The topological polar surface area (TPSA) is 94.8 Å². The number of amides is 1. The molecule has 1 amide bonds. The Labute approximate surface area is 200 Å². The van der Waals surface area contributed by atoms with Crippen molar-refractivity contribution in [2.45, 2.75) is 20.4 Å². The molecule has 4 rings (SSSR count). The molecule has 2 heterocycles. The molecule has 0 radical (unpaired) electrons. The number of rotatable bonds is 8. The Hall–Kier alpha value is -3.98. The van der Waals surface area contributed by atoms with E-state index in [4.69, 9.17) is 9.47 Å². The van der Waals surface area contributed by atoms with Crippen LogP contribution in [0.15, 0.2) is 64.1 Å². The van der Waals surface area contributed by atoms with Crippen LogP contribution in [0.1, 0.15) is 18.1 Å². The zero-order valence-corrected chi connectivity index (χ0v) is 19.9. The van der Waals surface area contributed by atoms with Crippen LogP contribution in [0.5, 0.6) is 11.5 Å². The summed E-state index contributed by atoms with van der Waals surface area (Å²) in [5.74, 6) is 0.764. The van der Waals surface area contributed by atoms with E-state index in [2.05, 4.69) is 15.5 Å². The number of nitrogens with zero attached hydrogens (tertiary/aromatic N) is 3. The Bertz CT molecular complexity index is 1410. The van der Waals surface area contributed by atoms with Gasteiger partial charge in [-0.15, -0.1) is 11.3 Å². The molecule has 2 aromatic heterocycles. The summed E-state index contributed by atoms with van der Waals surface area (Å²) in [6.45, 7) is 4.23. The first-order chi connectivity index (χ1) is 16.5. The van der Waals surface area contributed by atoms with Crippen LogP contribution in [0.3, 0.4) is 0 Å². The molecule has 174 valence electrons. The number of carbonyl (C=O) groups is 1. The molecule has 0 aliphatic carbocycles. The highest BCUT2D eigenvalue weighted by atomic mass is 32.1. The fourth-order valence-corrected chi connectivity index (χ4v) is 4.34. The molecular weight excluding hydrogens is 452 g/mol. The number of benzene rings is 2. The normalized spacial score (nSPS) is 11.1. The molecule has 0 saturated carbocycles. The van der Waals surface area contributed by atoms with Crippen molar-refractivity contribution in [3.63, 3.8) is 0 Å². The fourth-order valence-electron chi connectivity index (χ4n) is 3.43. The third-order valence-electron chi connectivity index (χ3n) is 5.13. The lowest BCUT2D eigenvalue weighted by Gasteiger charge is -2.09. The van der Waals surface area contributed by atoms with Gasteiger partial charge in [-0.3, -0.25) is 14.2 Å². The molecule has 0 unspecified atom stereocenters. The van der Waals surface area contributed by atoms with E-state index in [0.29, 0.717) is 28.3 Å². The number of fused-ring (bicyclic) bond motifs is 1. The van der Waals surface area contributed by atoms with Gasteiger partial charge in [0.25, 0.3) is 11.5 Å². The van der Waals surface area contributed by atoms with Gasteiger partial charge in [0.2, 0.25) is 0 Å². The van der Waals surface area contributed by atoms with E-state index in [1.165, 1.54) is 28.4 Å². The van der Waals surface area contributed by atoms with Gasteiger partial charge in [-0.2, -0.15) is 5.10 Å². The molecule has 9 heteroatoms. The number of hydrogen-bond acceptors (Lipinski definition) is 7. The van der Waals surface area contributed by atoms with Gasteiger partial charge in [0, 0.05) is 10.9 Å². The Morgan fingerprint density at radius 2 is 2.00 bits per heavy atom. The molecule has 1 N–H and O–H groups in total. The molecule has 0 fully saturated rings. The van der Waals surface area contributed by atoms with Crippen LogP contribution in [0, 0.1) is 6.92 Å². The summed E-state index contributed by atoms with van der Waals surface area (Å²) >= 11 is 1.41. The first-order valence-electron chi connectivity index (χ1n) is 10.7. The van der Waals surface area contributed by atoms with Crippen LogP contribution in [0.4, 0.5) is 0 Å². The van der Waals surface area contributed by atoms with Crippen molar-refractivity contribution in [3.05, 3.63) is 75.7 Å². The van der Waals surface area contributed by atoms with Crippen molar-refractivity contribution in [2.24, 2.45) is 5.10 Å². The number of aromatic nitrogens is 2. The van der Waals surface area contributed by atoms with Gasteiger partial charge in [-0.05, 0) is 43.2 Å². The lowest BCUT2D eigenvalue weighted by molar-refractivity contribution is -0.121. The Balaban J connectivity index is 1.49. The van der Waals surface area contributed by atoms with E-state index in [-0.39, 0.29) is 12.1 Å². The molecule has 2 aromatic carbocycles. The molecule has 0 spiro atoms. The second kappa shape index (κ2) is 10.3. The highest BCUT2D eigenvalue weighted by molar-refractivity contribution is 7.17. The summed E-state index contributed by atoms with van der Waals surface area (Å²) in [5.41, 5.74) is 5.80. The molecule has 34 heavy (non-hydrogen) atoms. The van der Waals surface area contributed by atoms with Crippen molar-refractivity contribution in [1.29, 1.82) is 0 Å². The Kier molecular flexibility index (Phi) is 7.03. The van der Waals surface area contributed by atoms with Crippen LogP contribution in [-0.4, -0.2) is 35.4 Å². The summed E-state index contributed by atoms with van der Waals surface area (Å²) in [6.07, 6.45) is 2.88. The van der Waals surface area contributed by atoms with Crippen LogP contribution in [-0.2, 0) is 11.3 Å². The number of hydrogen-bond donors (Lipinski definition) is 1. The van der Waals surface area contributed by atoms with Crippen LogP contribution in [0.2, 0.25) is 0 Å². The van der Waals surface area contributed by atoms with Crippen molar-refractivity contribution in [3.8, 4) is 22.6 Å². The van der Waals surface area contributed by atoms with Gasteiger partial charge < -0.3 is 9.47 Å². The van der Waals surface area contributed by atoms with Gasteiger partial charge in [0.05, 0.1) is 31.6 Å². The molecular formula is C25H24N4O4S. The van der Waals surface area contributed by atoms with Gasteiger partial charge in [-0.1, -0.05) is 29.8 Å². The van der Waals surface area contributed by atoms with Gasteiger partial charge in [0.1, 0.15) is 11.4 Å². The summed E-state index contributed by atoms with van der Waals surface area (Å²) < 4.78 is 12.1. The second-order valence-corrected chi connectivity index (χ2v) is 8.37. The zero-order chi connectivity index (χ0) is 24.1. The number of thiophene rings is 1. The van der Waals surface area contributed by atoms with Crippen LogP contribution in [0.25, 0.3) is 21.3 Å². The second-order valence-electron chi connectivity index (χ2n) is 7.51. The van der Waals surface area contributed by atoms with Gasteiger partial charge in [0.15, 0.2) is 11.5 Å². The average molecular weight is 477 g/mol. The predicted molar refractivity (Wildman–Crippen MR) is 134 cm³/mol. The van der Waals surface area contributed by atoms with E-state index in [9.17, 15) is 9.59 Å². The first kappa shape index (κ1) is 23.2. The lowest BCUT2D eigenvalue weighted by atomic mass is 10.1. The van der Waals surface area contributed by atoms with E-state index < -0.39 is 5.91 Å². The average Bonchev–Trinajstić information content (AvgIpc) is 3.27. The third kappa shape index (κ3) is 4.99. The van der Waals surface area contributed by atoms with Crippen molar-refractivity contribution in [2.75, 3.05) is 13.7 Å². The molecule has 0 atom stereocenters. The van der Waals surface area contributed by atoms with Crippen molar-refractivity contribution in [1.82, 2.24) is 15.0 Å². The maximum Gasteiger partial charge on any atom is 0.263 e. The number of aryl methyl sites for hydroxylation is 1. The number of nitrogens with one attached hydrogen (secondary N) is 1. The summed E-state index contributed by atoms with van der Waals surface area (Å²) in [6, 6.07) is 13.3. The fraction of sp³-hybridized carbons (Fsp3) is 0.200. The largest absolute Gasteiger partial charge is 0.493 e. The minimum atomic E-state index is -0.440. The van der Waals surface area contributed by atoms with E-state index >= 15 is 0 Å². The lowest BCUT2D eigenvalue weighted by Crippen LogP contribution is -2.30. The van der Waals surface area contributed by atoms with E-state index in [1.54, 1.807) is 25.3 Å². The standard InChI is InChI=1S/C25H24N4O4S/c1-4-33-20-10-7-17(11-21(20)32-3)12-27-28-22(30)13-29-15-26-24-23(25(29)31)19(14-34-24)18-8-5-16(2)6-9-18/h5-12,14-15H,4,13H2,1-3H3,(H,28,30)/b27-12-. The molecule has 4 aromatic rings. The third-order valence-corrected chi connectivity index (χ3v) is 6.01. The van der Waals surface area contributed by atoms with Crippen molar-refractivity contribution < 1.29 is 14.3 Å². The minimum Gasteiger partial charge on any atom is -0.493 e. The van der Waals surface area contributed by atoms with Crippen LogP contribution >= 0.6 is 11.3 Å². The number of hydrazone groups is 1. The summed E-state index contributed by atoms with van der Waals surface area (Å²) in [4.78, 5) is 30.6.